The Kier molecular flexibility index (Phi) is 4.80. The molecule has 1 atom stereocenters. The van der Waals surface area contributed by atoms with Crippen molar-refractivity contribution in [3.05, 3.63) is 45.2 Å². The third-order valence-corrected chi connectivity index (χ3v) is 4.56. The summed E-state index contributed by atoms with van der Waals surface area (Å²) in [6, 6.07) is 5.80. The van der Waals surface area contributed by atoms with Crippen LogP contribution in [-0.4, -0.2) is 42.2 Å². The molecule has 1 aliphatic heterocycles. The molecular weight excluding hydrogens is 290 g/mol. The zero-order valence-corrected chi connectivity index (χ0v) is 13.9. The van der Waals surface area contributed by atoms with E-state index in [-0.39, 0.29) is 11.5 Å². The average Bonchev–Trinajstić information content (AvgIpc) is 2.51. The van der Waals surface area contributed by atoms with Crippen molar-refractivity contribution >= 4 is 10.9 Å². The summed E-state index contributed by atoms with van der Waals surface area (Å²) in [5.41, 5.74) is 9.77. The van der Waals surface area contributed by atoms with Crippen molar-refractivity contribution in [2.24, 2.45) is 5.73 Å². The Hall–Kier alpha value is -1.69. The maximum Gasteiger partial charge on any atom is 0.189 e. The highest BCUT2D eigenvalue weighted by molar-refractivity contribution is 5.84. The summed E-state index contributed by atoms with van der Waals surface area (Å²) < 4.78 is 5.72. The number of H-pyrrole nitrogens is 1. The molecule has 0 aliphatic carbocycles. The normalized spacial score (nSPS) is 19.3. The molecule has 1 aromatic carbocycles. The van der Waals surface area contributed by atoms with Crippen LogP contribution >= 0.6 is 0 Å². The SMILES string of the molecule is Cc1ccc(C)c2c(=O)cc(CN3CCOC(CCN)C3)[nH]c12. The zero-order valence-electron chi connectivity index (χ0n) is 13.9. The van der Waals surface area contributed by atoms with Crippen LogP contribution in [0.3, 0.4) is 0 Å². The van der Waals surface area contributed by atoms with Crippen LogP contribution in [-0.2, 0) is 11.3 Å². The van der Waals surface area contributed by atoms with E-state index >= 15 is 0 Å². The number of aromatic nitrogens is 1. The standard InChI is InChI=1S/C18H25N3O2/c1-12-3-4-13(2)18-17(12)16(22)9-14(20-18)10-21-7-8-23-15(11-21)5-6-19/h3-4,9,15H,5-8,10-11,19H2,1-2H3,(H,20,22). The van der Waals surface area contributed by atoms with Crippen molar-refractivity contribution in [1.82, 2.24) is 9.88 Å². The highest BCUT2D eigenvalue weighted by Crippen LogP contribution is 2.18. The molecule has 3 N–H and O–H groups in total. The number of pyridine rings is 1. The first-order valence-corrected chi connectivity index (χ1v) is 8.24. The third-order valence-electron chi connectivity index (χ3n) is 4.56. The van der Waals surface area contributed by atoms with Crippen LogP contribution in [0.15, 0.2) is 23.0 Å². The Balaban J connectivity index is 1.86. The molecule has 2 aromatic rings. The Morgan fingerprint density at radius 3 is 2.91 bits per heavy atom. The van der Waals surface area contributed by atoms with Gasteiger partial charge in [0, 0.05) is 36.8 Å². The predicted octanol–water partition coefficient (Wildman–Crippen LogP) is 1.69. The van der Waals surface area contributed by atoms with E-state index in [2.05, 4.69) is 16.0 Å². The van der Waals surface area contributed by atoms with Gasteiger partial charge in [0.1, 0.15) is 0 Å². The second-order valence-electron chi connectivity index (χ2n) is 6.41. The van der Waals surface area contributed by atoms with E-state index in [1.54, 1.807) is 6.07 Å². The van der Waals surface area contributed by atoms with Crippen LogP contribution < -0.4 is 11.2 Å². The zero-order chi connectivity index (χ0) is 16.4. The number of hydrogen-bond donors (Lipinski definition) is 2. The second kappa shape index (κ2) is 6.83. The van der Waals surface area contributed by atoms with Crippen molar-refractivity contribution in [2.45, 2.75) is 32.9 Å². The molecule has 0 amide bonds. The number of nitrogens with two attached hydrogens (primary N) is 1. The Morgan fingerprint density at radius 2 is 2.13 bits per heavy atom. The Morgan fingerprint density at radius 1 is 1.35 bits per heavy atom. The first-order chi connectivity index (χ1) is 11.1. The number of fused-ring (bicyclic) bond motifs is 1. The fourth-order valence-electron chi connectivity index (χ4n) is 3.33. The van der Waals surface area contributed by atoms with Crippen LogP contribution in [0.5, 0.6) is 0 Å². The first-order valence-electron chi connectivity index (χ1n) is 8.24. The largest absolute Gasteiger partial charge is 0.376 e. The Labute approximate surface area is 136 Å². The number of benzene rings is 1. The number of aromatic amines is 1. The molecule has 1 saturated heterocycles. The summed E-state index contributed by atoms with van der Waals surface area (Å²) in [7, 11) is 0. The summed E-state index contributed by atoms with van der Waals surface area (Å²) in [6.45, 7) is 7.87. The molecule has 0 spiro atoms. The molecule has 3 rings (SSSR count). The van der Waals surface area contributed by atoms with E-state index in [1.807, 2.05) is 19.9 Å². The van der Waals surface area contributed by atoms with Gasteiger partial charge in [-0.05, 0) is 37.9 Å². The van der Waals surface area contributed by atoms with Crippen molar-refractivity contribution in [3.63, 3.8) is 0 Å². The lowest BCUT2D eigenvalue weighted by molar-refractivity contribution is -0.0338. The first kappa shape index (κ1) is 16.2. The van der Waals surface area contributed by atoms with E-state index in [4.69, 9.17) is 10.5 Å². The minimum Gasteiger partial charge on any atom is -0.376 e. The van der Waals surface area contributed by atoms with E-state index in [0.29, 0.717) is 6.54 Å². The van der Waals surface area contributed by atoms with Crippen LogP contribution in [0.25, 0.3) is 10.9 Å². The van der Waals surface area contributed by atoms with Gasteiger partial charge in [0.25, 0.3) is 0 Å². The maximum absolute atomic E-state index is 12.5. The topological polar surface area (TPSA) is 71.3 Å². The van der Waals surface area contributed by atoms with Gasteiger partial charge < -0.3 is 15.5 Å². The molecule has 1 unspecified atom stereocenters. The molecule has 23 heavy (non-hydrogen) atoms. The molecule has 5 nitrogen and oxygen atoms in total. The minimum absolute atomic E-state index is 0.0988. The minimum atomic E-state index is 0.0988. The van der Waals surface area contributed by atoms with E-state index in [9.17, 15) is 4.79 Å². The van der Waals surface area contributed by atoms with Crippen LogP contribution in [0.1, 0.15) is 23.2 Å². The second-order valence-corrected chi connectivity index (χ2v) is 6.41. The Bertz CT molecular complexity index is 752. The summed E-state index contributed by atoms with van der Waals surface area (Å²) >= 11 is 0. The lowest BCUT2D eigenvalue weighted by Gasteiger charge is -2.32. The highest BCUT2D eigenvalue weighted by atomic mass is 16.5. The molecule has 0 saturated carbocycles. The number of morpholine rings is 1. The molecule has 0 radical (unpaired) electrons. The van der Waals surface area contributed by atoms with Gasteiger partial charge >= 0.3 is 0 Å². The van der Waals surface area contributed by atoms with E-state index in [0.717, 1.165) is 60.4 Å². The van der Waals surface area contributed by atoms with Crippen molar-refractivity contribution < 1.29 is 4.74 Å². The van der Waals surface area contributed by atoms with E-state index in [1.165, 1.54) is 0 Å². The summed E-state index contributed by atoms with van der Waals surface area (Å²) in [5.74, 6) is 0. The number of ether oxygens (including phenoxy) is 1. The quantitative estimate of drug-likeness (QED) is 0.901. The van der Waals surface area contributed by atoms with Gasteiger partial charge in [0.2, 0.25) is 0 Å². The molecule has 1 fully saturated rings. The fraction of sp³-hybridized carbons (Fsp3) is 0.500. The highest BCUT2D eigenvalue weighted by Gasteiger charge is 2.20. The molecule has 1 aromatic heterocycles. The van der Waals surface area contributed by atoms with Gasteiger partial charge in [0.15, 0.2) is 5.43 Å². The lowest BCUT2D eigenvalue weighted by atomic mass is 10.0. The van der Waals surface area contributed by atoms with Crippen LogP contribution in [0.4, 0.5) is 0 Å². The summed E-state index contributed by atoms with van der Waals surface area (Å²) in [5, 5.41) is 0.803. The van der Waals surface area contributed by atoms with Gasteiger partial charge in [-0.3, -0.25) is 9.69 Å². The molecule has 2 heterocycles. The molecule has 1 aliphatic rings. The fourth-order valence-corrected chi connectivity index (χ4v) is 3.33. The van der Waals surface area contributed by atoms with Crippen LogP contribution in [0.2, 0.25) is 0 Å². The molecule has 124 valence electrons. The number of nitrogens with one attached hydrogen (secondary N) is 1. The summed E-state index contributed by atoms with van der Waals surface area (Å²) in [4.78, 5) is 18.3. The van der Waals surface area contributed by atoms with Gasteiger partial charge in [-0.15, -0.1) is 0 Å². The molecule has 5 heteroatoms. The van der Waals surface area contributed by atoms with Crippen molar-refractivity contribution in [2.75, 3.05) is 26.2 Å². The van der Waals surface area contributed by atoms with Crippen LogP contribution in [0, 0.1) is 13.8 Å². The molecular formula is C18H25N3O2. The molecule has 0 bridgehead atoms. The van der Waals surface area contributed by atoms with Gasteiger partial charge in [-0.25, -0.2) is 0 Å². The predicted molar refractivity (Wildman–Crippen MR) is 92.7 cm³/mol. The number of hydrogen-bond acceptors (Lipinski definition) is 4. The van der Waals surface area contributed by atoms with Gasteiger partial charge in [-0.1, -0.05) is 12.1 Å². The lowest BCUT2D eigenvalue weighted by Crippen LogP contribution is -2.42. The van der Waals surface area contributed by atoms with Crippen molar-refractivity contribution in [1.29, 1.82) is 0 Å². The average molecular weight is 315 g/mol. The summed E-state index contributed by atoms with van der Waals surface area (Å²) in [6.07, 6.45) is 1.08. The van der Waals surface area contributed by atoms with Gasteiger partial charge in [-0.2, -0.15) is 0 Å². The smallest absolute Gasteiger partial charge is 0.189 e. The van der Waals surface area contributed by atoms with Crippen molar-refractivity contribution in [3.8, 4) is 0 Å². The number of nitrogens with zero attached hydrogens (tertiary/aromatic N) is 1. The number of aryl methyl sites for hydroxylation is 2. The monoisotopic (exact) mass is 315 g/mol. The maximum atomic E-state index is 12.5. The van der Waals surface area contributed by atoms with Gasteiger partial charge in [0.05, 0.1) is 18.2 Å². The third kappa shape index (κ3) is 3.47. The number of rotatable bonds is 4. The van der Waals surface area contributed by atoms with E-state index < -0.39 is 0 Å².